The summed E-state index contributed by atoms with van der Waals surface area (Å²) in [4.78, 5) is 0. The first-order chi connectivity index (χ1) is 12.4. The van der Waals surface area contributed by atoms with Crippen molar-refractivity contribution in [1.29, 1.82) is 0 Å². The van der Waals surface area contributed by atoms with Crippen molar-refractivity contribution in [1.82, 2.24) is 0 Å². The molecule has 0 aliphatic heterocycles. The van der Waals surface area contributed by atoms with E-state index in [1.54, 1.807) is 0 Å². The lowest BCUT2D eigenvalue weighted by molar-refractivity contribution is 0.520. The second-order valence-corrected chi connectivity index (χ2v) is 8.49. The van der Waals surface area contributed by atoms with Crippen LogP contribution in [0.4, 0.5) is 0 Å². The van der Waals surface area contributed by atoms with E-state index in [-0.39, 0.29) is 0 Å². The van der Waals surface area contributed by atoms with Crippen LogP contribution in [0.1, 0.15) is 148 Å². The molecule has 152 valence electrons. The van der Waals surface area contributed by atoms with E-state index in [0.717, 1.165) is 5.88 Å². The molecule has 0 saturated heterocycles. The zero-order chi connectivity index (χ0) is 18.3. The highest BCUT2D eigenvalue weighted by atomic mass is 35.5. The molecule has 0 saturated carbocycles. The molecule has 0 radical (unpaired) electrons. The summed E-state index contributed by atoms with van der Waals surface area (Å²) in [6.45, 7) is 2.30. The van der Waals surface area contributed by atoms with Crippen LogP contribution in [-0.4, -0.2) is 5.88 Å². The molecule has 0 nitrogen and oxygen atoms in total. The Morgan fingerprint density at radius 2 is 0.520 bits per heavy atom. The molecular weight excluding hydrogens is 324 g/mol. The largest absolute Gasteiger partial charge is 0.127 e. The highest BCUT2D eigenvalue weighted by Gasteiger charge is 1.95. The van der Waals surface area contributed by atoms with E-state index in [2.05, 4.69) is 6.92 Å². The van der Waals surface area contributed by atoms with Gasteiger partial charge in [-0.2, -0.15) is 0 Å². The highest BCUT2D eigenvalue weighted by Crippen LogP contribution is 2.15. The molecule has 0 aromatic carbocycles. The molecule has 0 heterocycles. The van der Waals surface area contributed by atoms with Crippen LogP contribution in [0.2, 0.25) is 0 Å². The monoisotopic (exact) mass is 372 g/mol. The molecule has 0 spiro atoms. The highest BCUT2D eigenvalue weighted by molar-refractivity contribution is 6.17. The van der Waals surface area contributed by atoms with E-state index in [1.807, 2.05) is 0 Å². The van der Waals surface area contributed by atoms with E-state index in [4.69, 9.17) is 11.6 Å². The Hall–Kier alpha value is 0.290. The topological polar surface area (TPSA) is 0 Å². The molecule has 0 rings (SSSR count). The van der Waals surface area contributed by atoms with Gasteiger partial charge in [0, 0.05) is 5.88 Å². The van der Waals surface area contributed by atoms with Crippen LogP contribution in [0, 0.1) is 0 Å². The average Bonchev–Trinajstić information content (AvgIpc) is 2.63. The molecule has 25 heavy (non-hydrogen) atoms. The van der Waals surface area contributed by atoms with Crippen molar-refractivity contribution in [3.05, 3.63) is 0 Å². The average molecular weight is 373 g/mol. The Kier molecular flexibility index (Phi) is 24.6. The first-order valence-corrected chi connectivity index (χ1v) is 12.5. The molecular formula is C24H49Cl. The lowest BCUT2D eigenvalue weighted by Gasteiger charge is -2.04. The van der Waals surface area contributed by atoms with Crippen LogP contribution < -0.4 is 0 Å². The van der Waals surface area contributed by atoms with Crippen molar-refractivity contribution in [3.8, 4) is 0 Å². The molecule has 0 aromatic heterocycles. The summed E-state index contributed by atoms with van der Waals surface area (Å²) in [5.41, 5.74) is 0. The van der Waals surface area contributed by atoms with Crippen molar-refractivity contribution in [2.45, 2.75) is 148 Å². The van der Waals surface area contributed by atoms with E-state index in [9.17, 15) is 0 Å². The molecule has 0 aliphatic carbocycles. The third-order valence-corrected chi connectivity index (χ3v) is 5.75. The van der Waals surface area contributed by atoms with Crippen molar-refractivity contribution >= 4 is 11.6 Å². The third kappa shape index (κ3) is 24.3. The van der Waals surface area contributed by atoms with Gasteiger partial charge in [-0.3, -0.25) is 0 Å². The van der Waals surface area contributed by atoms with Gasteiger partial charge >= 0.3 is 0 Å². The Morgan fingerprint density at radius 3 is 0.720 bits per heavy atom. The summed E-state index contributed by atoms with van der Waals surface area (Å²) in [5, 5.41) is 0. The zero-order valence-electron chi connectivity index (χ0n) is 17.6. The number of rotatable bonds is 22. The van der Waals surface area contributed by atoms with Crippen molar-refractivity contribution in [3.63, 3.8) is 0 Å². The van der Waals surface area contributed by atoms with Gasteiger partial charge in [-0.15, -0.1) is 11.6 Å². The third-order valence-electron chi connectivity index (χ3n) is 5.49. The van der Waals surface area contributed by atoms with Gasteiger partial charge in [-0.1, -0.05) is 142 Å². The molecule has 0 atom stereocenters. The van der Waals surface area contributed by atoms with Gasteiger partial charge in [0.05, 0.1) is 0 Å². The Labute approximate surface area is 165 Å². The van der Waals surface area contributed by atoms with Crippen LogP contribution in [0.5, 0.6) is 0 Å². The van der Waals surface area contributed by atoms with Gasteiger partial charge in [0.1, 0.15) is 0 Å². The SMILES string of the molecule is CCCCCCCCCCCCCCCCCCCCCCCCCl. The minimum atomic E-state index is 0.846. The van der Waals surface area contributed by atoms with Crippen LogP contribution in [-0.2, 0) is 0 Å². The zero-order valence-corrected chi connectivity index (χ0v) is 18.4. The fraction of sp³-hybridized carbons (Fsp3) is 1.00. The maximum Gasteiger partial charge on any atom is 0.0223 e. The summed E-state index contributed by atoms with van der Waals surface area (Å²) in [7, 11) is 0. The molecule has 0 bridgehead atoms. The number of unbranched alkanes of at least 4 members (excludes halogenated alkanes) is 21. The van der Waals surface area contributed by atoms with E-state index >= 15 is 0 Å². The van der Waals surface area contributed by atoms with Gasteiger partial charge in [0.25, 0.3) is 0 Å². The summed E-state index contributed by atoms with van der Waals surface area (Å²) in [6, 6.07) is 0. The quantitative estimate of drug-likeness (QED) is 0.131. The van der Waals surface area contributed by atoms with Crippen LogP contribution in [0.3, 0.4) is 0 Å². The van der Waals surface area contributed by atoms with Crippen LogP contribution >= 0.6 is 11.6 Å². The van der Waals surface area contributed by atoms with Crippen molar-refractivity contribution in [2.24, 2.45) is 0 Å². The molecule has 0 aliphatic rings. The molecule has 0 fully saturated rings. The predicted octanol–water partition coefficient (Wildman–Crippen LogP) is 9.83. The number of hydrogen-bond donors (Lipinski definition) is 0. The van der Waals surface area contributed by atoms with Crippen LogP contribution in [0.15, 0.2) is 0 Å². The number of halogens is 1. The minimum absolute atomic E-state index is 0.846. The van der Waals surface area contributed by atoms with Gasteiger partial charge in [-0.05, 0) is 6.42 Å². The summed E-state index contributed by atoms with van der Waals surface area (Å²) in [5.74, 6) is 0.846. The standard InChI is InChI=1S/C24H49Cl/c1-2-3-4-5-6-7-8-9-10-11-12-13-14-15-16-17-18-19-20-21-22-23-24-25/h2-24H2,1H3. The summed E-state index contributed by atoms with van der Waals surface area (Å²) < 4.78 is 0. The van der Waals surface area contributed by atoms with E-state index < -0.39 is 0 Å². The fourth-order valence-corrected chi connectivity index (χ4v) is 3.89. The van der Waals surface area contributed by atoms with E-state index in [1.165, 1.54) is 141 Å². The molecule has 1 heteroatoms. The molecule has 0 amide bonds. The molecule has 0 aromatic rings. The Balaban J connectivity index is 2.94. The first kappa shape index (κ1) is 25.3. The molecule has 0 N–H and O–H groups in total. The Bertz CT molecular complexity index is 192. The fourth-order valence-electron chi connectivity index (χ4n) is 3.70. The van der Waals surface area contributed by atoms with E-state index in [0.29, 0.717) is 0 Å². The van der Waals surface area contributed by atoms with Gasteiger partial charge in [0.2, 0.25) is 0 Å². The second kappa shape index (κ2) is 24.3. The van der Waals surface area contributed by atoms with Crippen molar-refractivity contribution in [2.75, 3.05) is 5.88 Å². The maximum absolute atomic E-state index is 5.69. The lowest BCUT2D eigenvalue weighted by atomic mass is 10.0. The number of hydrogen-bond acceptors (Lipinski definition) is 0. The first-order valence-electron chi connectivity index (χ1n) is 12.0. The maximum atomic E-state index is 5.69. The van der Waals surface area contributed by atoms with Gasteiger partial charge < -0.3 is 0 Å². The van der Waals surface area contributed by atoms with Crippen molar-refractivity contribution < 1.29 is 0 Å². The normalized spacial score (nSPS) is 11.3. The number of alkyl halides is 1. The predicted molar refractivity (Wildman–Crippen MR) is 118 cm³/mol. The second-order valence-electron chi connectivity index (χ2n) is 8.11. The van der Waals surface area contributed by atoms with Gasteiger partial charge in [0.15, 0.2) is 0 Å². The summed E-state index contributed by atoms with van der Waals surface area (Å²) in [6.07, 6.45) is 31.8. The smallest absolute Gasteiger partial charge is 0.0223 e. The molecule has 0 unspecified atom stereocenters. The minimum Gasteiger partial charge on any atom is -0.127 e. The van der Waals surface area contributed by atoms with Gasteiger partial charge in [-0.25, -0.2) is 0 Å². The summed E-state index contributed by atoms with van der Waals surface area (Å²) >= 11 is 5.69. The lowest BCUT2D eigenvalue weighted by Crippen LogP contribution is -1.84. The van der Waals surface area contributed by atoms with Crippen LogP contribution in [0.25, 0.3) is 0 Å². The Morgan fingerprint density at radius 1 is 0.320 bits per heavy atom.